The molecule has 1 amide bonds. The van der Waals surface area contributed by atoms with Gasteiger partial charge in [-0.25, -0.2) is 0 Å². The minimum absolute atomic E-state index is 0.219. The first-order chi connectivity index (χ1) is 9.61. The molecular formula is C14H20N2O4. The SMILES string of the molecule is CCNCc1cc2c(cc1OCC(C)C(N)=O)OCO2. The molecule has 0 aliphatic carbocycles. The molecule has 1 aliphatic heterocycles. The van der Waals surface area contributed by atoms with Crippen LogP contribution in [0, 0.1) is 5.92 Å². The number of carbonyl (C=O) groups excluding carboxylic acids is 1. The van der Waals surface area contributed by atoms with Crippen LogP contribution in [0.1, 0.15) is 19.4 Å². The van der Waals surface area contributed by atoms with Gasteiger partial charge in [-0.2, -0.15) is 0 Å². The van der Waals surface area contributed by atoms with Crippen LogP contribution < -0.4 is 25.3 Å². The van der Waals surface area contributed by atoms with Gasteiger partial charge in [0.05, 0.1) is 12.5 Å². The Labute approximate surface area is 118 Å². The second kappa shape index (κ2) is 6.47. The Hall–Kier alpha value is -1.95. The highest BCUT2D eigenvalue weighted by atomic mass is 16.7. The van der Waals surface area contributed by atoms with E-state index in [9.17, 15) is 4.79 Å². The van der Waals surface area contributed by atoms with Gasteiger partial charge in [0, 0.05) is 18.2 Å². The largest absolute Gasteiger partial charge is 0.492 e. The van der Waals surface area contributed by atoms with E-state index >= 15 is 0 Å². The molecule has 6 heteroatoms. The lowest BCUT2D eigenvalue weighted by molar-refractivity contribution is -0.122. The second-order valence-corrected chi connectivity index (χ2v) is 4.71. The predicted octanol–water partition coefficient (Wildman–Crippen LogP) is 1.02. The molecule has 20 heavy (non-hydrogen) atoms. The molecule has 1 unspecified atom stereocenters. The average Bonchev–Trinajstić information content (AvgIpc) is 2.88. The minimum Gasteiger partial charge on any atom is -0.492 e. The lowest BCUT2D eigenvalue weighted by atomic mass is 10.1. The van der Waals surface area contributed by atoms with Gasteiger partial charge in [0.25, 0.3) is 0 Å². The van der Waals surface area contributed by atoms with Gasteiger partial charge in [-0.3, -0.25) is 4.79 Å². The summed E-state index contributed by atoms with van der Waals surface area (Å²) in [4.78, 5) is 11.0. The predicted molar refractivity (Wildman–Crippen MR) is 73.8 cm³/mol. The highest BCUT2D eigenvalue weighted by Gasteiger charge is 2.19. The van der Waals surface area contributed by atoms with E-state index in [0.29, 0.717) is 23.8 Å². The lowest BCUT2D eigenvalue weighted by Gasteiger charge is -2.15. The standard InChI is InChI=1S/C14H20N2O4/c1-3-16-6-10-4-12-13(20-8-19-12)5-11(10)18-7-9(2)14(15)17/h4-5,9,16H,3,6-8H2,1-2H3,(H2,15,17). The summed E-state index contributed by atoms with van der Waals surface area (Å²) in [5, 5.41) is 3.24. The first kappa shape index (κ1) is 14.5. The summed E-state index contributed by atoms with van der Waals surface area (Å²) in [5.41, 5.74) is 6.20. The molecule has 0 radical (unpaired) electrons. The molecule has 2 rings (SSSR count). The van der Waals surface area contributed by atoms with Gasteiger partial charge in [-0.1, -0.05) is 13.8 Å². The van der Waals surface area contributed by atoms with Crippen molar-refractivity contribution in [2.24, 2.45) is 11.7 Å². The molecule has 1 aliphatic rings. The number of amides is 1. The summed E-state index contributed by atoms with van der Waals surface area (Å²) in [7, 11) is 0. The molecule has 1 aromatic carbocycles. The third-order valence-electron chi connectivity index (χ3n) is 3.10. The van der Waals surface area contributed by atoms with Crippen LogP contribution in [0.4, 0.5) is 0 Å². The third kappa shape index (κ3) is 3.33. The molecule has 0 fully saturated rings. The molecule has 110 valence electrons. The van der Waals surface area contributed by atoms with Crippen molar-refractivity contribution in [1.82, 2.24) is 5.32 Å². The Kier molecular flexibility index (Phi) is 4.68. The zero-order valence-electron chi connectivity index (χ0n) is 11.8. The molecule has 0 saturated carbocycles. The molecule has 6 nitrogen and oxygen atoms in total. The molecule has 1 atom stereocenters. The maximum Gasteiger partial charge on any atom is 0.231 e. The molecule has 0 saturated heterocycles. The van der Waals surface area contributed by atoms with E-state index in [2.05, 4.69) is 5.32 Å². The van der Waals surface area contributed by atoms with Gasteiger partial charge in [0.15, 0.2) is 11.5 Å². The van der Waals surface area contributed by atoms with E-state index in [4.69, 9.17) is 19.9 Å². The van der Waals surface area contributed by atoms with Crippen LogP contribution >= 0.6 is 0 Å². The maximum absolute atomic E-state index is 11.0. The molecule has 3 N–H and O–H groups in total. The Morgan fingerprint density at radius 2 is 2.15 bits per heavy atom. The zero-order valence-corrected chi connectivity index (χ0v) is 11.8. The van der Waals surface area contributed by atoms with Crippen molar-refractivity contribution >= 4 is 5.91 Å². The van der Waals surface area contributed by atoms with E-state index in [1.807, 2.05) is 13.0 Å². The number of rotatable bonds is 7. The van der Waals surface area contributed by atoms with Gasteiger partial charge in [0.1, 0.15) is 5.75 Å². The third-order valence-corrected chi connectivity index (χ3v) is 3.10. The number of nitrogens with two attached hydrogens (primary N) is 1. The lowest BCUT2D eigenvalue weighted by Crippen LogP contribution is -2.26. The number of fused-ring (bicyclic) bond motifs is 1. The highest BCUT2D eigenvalue weighted by Crippen LogP contribution is 2.38. The smallest absolute Gasteiger partial charge is 0.231 e. The number of benzene rings is 1. The van der Waals surface area contributed by atoms with Crippen LogP contribution in [0.3, 0.4) is 0 Å². The van der Waals surface area contributed by atoms with Gasteiger partial charge in [-0.05, 0) is 12.6 Å². The van der Waals surface area contributed by atoms with E-state index in [0.717, 1.165) is 12.1 Å². The van der Waals surface area contributed by atoms with Crippen LogP contribution in [-0.4, -0.2) is 25.9 Å². The summed E-state index contributed by atoms with van der Waals surface area (Å²) < 4.78 is 16.4. The highest BCUT2D eigenvalue weighted by molar-refractivity contribution is 5.76. The van der Waals surface area contributed by atoms with E-state index in [-0.39, 0.29) is 25.2 Å². The summed E-state index contributed by atoms with van der Waals surface area (Å²) in [6.45, 7) is 5.74. The molecular weight excluding hydrogens is 260 g/mol. The van der Waals surface area contributed by atoms with Gasteiger partial charge < -0.3 is 25.3 Å². The molecule has 0 aromatic heterocycles. The summed E-state index contributed by atoms with van der Waals surface area (Å²) in [6.07, 6.45) is 0. The van der Waals surface area contributed by atoms with Crippen LogP contribution in [0.2, 0.25) is 0 Å². The fourth-order valence-electron chi connectivity index (χ4n) is 1.79. The number of hydrogen-bond acceptors (Lipinski definition) is 5. The fourth-order valence-corrected chi connectivity index (χ4v) is 1.79. The molecule has 0 bridgehead atoms. The number of primary amides is 1. The van der Waals surface area contributed by atoms with Crippen LogP contribution in [-0.2, 0) is 11.3 Å². The van der Waals surface area contributed by atoms with E-state index < -0.39 is 0 Å². The van der Waals surface area contributed by atoms with Crippen LogP contribution in [0.5, 0.6) is 17.2 Å². The van der Waals surface area contributed by atoms with Gasteiger partial charge in [-0.15, -0.1) is 0 Å². The Morgan fingerprint density at radius 3 is 2.80 bits per heavy atom. The topological polar surface area (TPSA) is 82.8 Å². The second-order valence-electron chi connectivity index (χ2n) is 4.71. The number of carbonyl (C=O) groups is 1. The summed E-state index contributed by atoms with van der Waals surface area (Å²) in [5.74, 6) is 1.34. The number of hydrogen-bond donors (Lipinski definition) is 2. The monoisotopic (exact) mass is 280 g/mol. The van der Waals surface area contributed by atoms with Crippen molar-refractivity contribution in [2.45, 2.75) is 20.4 Å². The average molecular weight is 280 g/mol. The summed E-state index contributed by atoms with van der Waals surface area (Å²) in [6, 6.07) is 3.69. The molecule has 0 spiro atoms. The normalized spacial score (nSPS) is 14.1. The minimum atomic E-state index is -0.376. The van der Waals surface area contributed by atoms with Crippen molar-refractivity contribution in [3.8, 4) is 17.2 Å². The Balaban J connectivity index is 2.14. The maximum atomic E-state index is 11.0. The quantitative estimate of drug-likeness (QED) is 0.779. The molecule has 1 aromatic rings. The zero-order chi connectivity index (χ0) is 14.5. The van der Waals surface area contributed by atoms with E-state index in [1.165, 1.54) is 0 Å². The molecule has 1 heterocycles. The summed E-state index contributed by atoms with van der Waals surface area (Å²) >= 11 is 0. The van der Waals surface area contributed by atoms with Crippen molar-refractivity contribution in [1.29, 1.82) is 0 Å². The Bertz CT molecular complexity index is 490. The first-order valence-corrected chi connectivity index (χ1v) is 6.67. The van der Waals surface area contributed by atoms with Crippen LogP contribution in [0.15, 0.2) is 12.1 Å². The van der Waals surface area contributed by atoms with Crippen molar-refractivity contribution in [3.05, 3.63) is 17.7 Å². The van der Waals surface area contributed by atoms with Gasteiger partial charge in [0.2, 0.25) is 12.7 Å². The Morgan fingerprint density at radius 1 is 1.45 bits per heavy atom. The van der Waals surface area contributed by atoms with Crippen LogP contribution in [0.25, 0.3) is 0 Å². The van der Waals surface area contributed by atoms with Crippen molar-refractivity contribution in [2.75, 3.05) is 19.9 Å². The van der Waals surface area contributed by atoms with Crippen molar-refractivity contribution in [3.63, 3.8) is 0 Å². The van der Waals surface area contributed by atoms with Gasteiger partial charge >= 0.3 is 0 Å². The van der Waals surface area contributed by atoms with E-state index in [1.54, 1.807) is 13.0 Å². The van der Waals surface area contributed by atoms with Crippen molar-refractivity contribution < 1.29 is 19.0 Å². The fraction of sp³-hybridized carbons (Fsp3) is 0.500. The number of ether oxygens (including phenoxy) is 3. The first-order valence-electron chi connectivity index (χ1n) is 6.67. The number of nitrogens with one attached hydrogen (secondary N) is 1.